The lowest BCUT2D eigenvalue weighted by Crippen LogP contribution is -2.29. The normalized spacial score (nSPS) is 18.2. The summed E-state index contributed by atoms with van der Waals surface area (Å²) in [6.45, 7) is 2.44. The molecule has 0 aliphatic carbocycles. The Labute approximate surface area is 99.9 Å². The van der Waals surface area contributed by atoms with Crippen LogP contribution in [0.5, 0.6) is 0 Å². The monoisotopic (exact) mass is 237 g/mol. The Morgan fingerprint density at radius 3 is 2.41 bits per heavy atom. The van der Waals surface area contributed by atoms with Crippen LogP contribution in [0, 0.1) is 5.82 Å². The lowest BCUT2D eigenvalue weighted by atomic mass is 9.99. The van der Waals surface area contributed by atoms with Crippen molar-refractivity contribution in [1.29, 1.82) is 0 Å². The molecule has 2 rings (SSSR count). The molecule has 1 aromatic carbocycles. The van der Waals surface area contributed by atoms with Gasteiger partial charge in [0.1, 0.15) is 5.82 Å². The van der Waals surface area contributed by atoms with E-state index >= 15 is 0 Å². The lowest BCUT2D eigenvalue weighted by molar-refractivity contribution is -0.139. The van der Waals surface area contributed by atoms with E-state index in [2.05, 4.69) is 4.90 Å². The van der Waals surface area contributed by atoms with E-state index in [1.54, 1.807) is 12.1 Å². The SMILES string of the molecule is O=C(O)C(CN1CCCC1)c1ccc(F)cc1. The van der Waals surface area contributed by atoms with Gasteiger partial charge in [-0.05, 0) is 43.6 Å². The zero-order valence-electron chi connectivity index (χ0n) is 9.60. The quantitative estimate of drug-likeness (QED) is 0.871. The van der Waals surface area contributed by atoms with E-state index in [0.29, 0.717) is 12.1 Å². The summed E-state index contributed by atoms with van der Waals surface area (Å²) in [6.07, 6.45) is 2.27. The van der Waals surface area contributed by atoms with E-state index in [1.165, 1.54) is 12.1 Å². The number of carbonyl (C=O) groups is 1. The highest BCUT2D eigenvalue weighted by molar-refractivity contribution is 5.76. The Balaban J connectivity index is 2.10. The van der Waals surface area contributed by atoms with Gasteiger partial charge in [0.05, 0.1) is 5.92 Å². The molecule has 1 aromatic rings. The number of rotatable bonds is 4. The van der Waals surface area contributed by atoms with Crippen LogP contribution >= 0.6 is 0 Å². The van der Waals surface area contributed by atoms with E-state index in [0.717, 1.165) is 25.9 Å². The molecule has 0 radical (unpaired) electrons. The first-order valence-corrected chi connectivity index (χ1v) is 5.87. The highest BCUT2D eigenvalue weighted by Gasteiger charge is 2.24. The third-order valence-electron chi connectivity index (χ3n) is 3.21. The highest BCUT2D eigenvalue weighted by Crippen LogP contribution is 2.20. The number of hydrogen-bond donors (Lipinski definition) is 1. The summed E-state index contributed by atoms with van der Waals surface area (Å²) < 4.78 is 12.8. The first-order chi connectivity index (χ1) is 8.16. The summed E-state index contributed by atoms with van der Waals surface area (Å²) in [4.78, 5) is 13.4. The minimum Gasteiger partial charge on any atom is -0.481 e. The highest BCUT2D eigenvalue weighted by atomic mass is 19.1. The van der Waals surface area contributed by atoms with Gasteiger partial charge in [-0.3, -0.25) is 4.79 Å². The van der Waals surface area contributed by atoms with Crippen molar-refractivity contribution in [3.05, 3.63) is 35.6 Å². The predicted molar refractivity (Wildman–Crippen MR) is 62.5 cm³/mol. The Hall–Kier alpha value is -1.42. The molecule has 0 amide bonds. The topological polar surface area (TPSA) is 40.5 Å². The standard InChI is InChI=1S/C13H16FNO2/c14-11-5-3-10(4-6-11)12(13(16)17)9-15-7-1-2-8-15/h3-6,12H,1-2,7-9H2,(H,16,17). The summed E-state index contributed by atoms with van der Waals surface area (Å²) >= 11 is 0. The lowest BCUT2D eigenvalue weighted by Gasteiger charge is -2.20. The van der Waals surface area contributed by atoms with Crippen molar-refractivity contribution in [2.75, 3.05) is 19.6 Å². The van der Waals surface area contributed by atoms with Crippen molar-refractivity contribution in [3.63, 3.8) is 0 Å². The largest absolute Gasteiger partial charge is 0.481 e. The minimum atomic E-state index is -0.844. The number of carboxylic acid groups (broad SMARTS) is 1. The van der Waals surface area contributed by atoms with E-state index in [1.807, 2.05) is 0 Å². The second kappa shape index (κ2) is 5.27. The van der Waals surface area contributed by atoms with Gasteiger partial charge in [-0.2, -0.15) is 0 Å². The third-order valence-corrected chi connectivity index (χ3v) is 3.21. The van der Waals surface area contributed by atoms with Crippen molar-refractivity contribution >= 4 is 5.97 Å². The fourth-order valence-electron chi connectivity index (χ4n) is 2.24. The Morgan fingerprint density at radius 2 is 1.88 bits per heavy atom. The van der Waals surface area contributed by atoms with Crippen LogP contribution in [-0.2, 0) is 4.79 Å². The minimum absolute atomic E-state index is 0.334. The average Bonchev–Trinajstić information content (AvgIpc) is 2.80. The van der Waals surface area contributed by atoms with E-state index in [9.17, 15) is 14.3 Å². The molecule has 3 nitrogen and oxygen atoms in total. The van der Waals surface area contributed by atoms with Crippen molar-refractivity contribution < 1.29 is 14.3 Å². The van der Waals surface area contributed by atoms with Gasteiger partial charge in [0, 0.05) is 6.54 Å². The van der Waals surface area contributed by atoms with Gasteiger partial charge in [0.2, 0.25) is 0 Å². The van der Waals surface area contributed by atoms with Gasteiger partial charge in [-0.1, -0.05) is 12.1 Å². The molecule has 1 unspecified atom stereocenters. The zero-order chi connectivity index (χ0) is 12.3. The van der Waals surface area contributed by atoms with Crippen LogP contribution in [0.15, 0.2) is 24.3 Å². The second-order valence-corrected chi connectivity index (χ2v) is 4.45. The molecule has 4 heteroatoms. The Morgan fingerprint density at radius 1 is 1.29 bits per heavy atom. The smallest absolute Gasteiger partial charge is 0.312 e. The molecule has 1 fully saturated rings. The summed E-state index contributed by atoms with van der Waals surface area (Å²) in [7, 11) is 0. The first kappa shape index (κ1) is 12.0. The van der Waals surface area contributed by atoms with Crippen LogP contribution in [-0.4, -0.2) is 35.6 Å². The molecule has 1 saturated heterocycles. The molecule has 1 aliphatic rings. The Bertz CT molecular complexity index is 385. The summed E-state index contributed by atoms with van der Waals surface area (Å²) in [6, 6.07) is 5.75. The molecule has 1 aliphatic heterocycles. The summed E-state index contributed by atoms with van der Waals surface area (Å²) in [5.74, 6) is -1.74. The number of aliphatic carboxylic acids is 1. The molecular formula is C13H16FNO2. The van der Waals surface area contributed by atoms with Crippen molar-refractivity contribution in [1.82, 2.24) is 4.90 Å². The number of nitrogens with zero attached hydrogens (tertiary/aromatic N) is 1. The van der Waals surface area contributed by atoms with Crippen LogP contribution in [0.4, 0.5) is 4.39 Å². The van der Waals surface area contributed by atoms with Gasteiger partial charge in [0.25, 0.3) is 0 Å². The number of benzene rings is 1. The number of hydrogen-bond acceptors (Lipinski definition) is 2. The maximum atomic E-state index is 12.8. The summed E-state index contributed by atoms with van der Waals surface area (Å²) in [5.41, 5.74) is 0.672. The molecule has 17 heavy (non-hydrogen) atoms. The van der Waals surface area contributed by atoms with Gasteiger partial charge >= 0.3 is 5.97 Å². The van der Waals surface area contributed by atoms with Crippen molar-refractivity contribution in [2.45, 2.75) is 18.8 Å². The van der Waals surface area contributed by atoms with Gasteiger partial charge < -0.3 is 10.0 Å². The maximum Gasteiger partial charge on any atom is 0.312 e. The molecular weight excluding hydrogens is 221 g/mol. The molecule has 1 N–H and O–H groups in total. The van der Waals surface area contributed by atoms with Gasteiger partial charge in [0.15, 0.2) is 0 Å². The van der Waals surface area contributed by atoms with Crippen molar-refractivity contribution in [3.8, 4) is 0 Å². The van der Waals surface area contributed by atoms with E-state index < -0.39 is 11.9 Å². The molecule has 92 valence electrons. The van der Waals surface area contributed by atoms with Crippen LogP contribution in [0.1, 0.15) is 24.3 Å². The molecule has 0 bridgehead atoms. The van der Waals surface area contributed by atoms with Gasteiger partial charge in [-0.25, -0.2) is 4.39 Å². The van der Waals surface area contributed by atoms with Gasteiger partial charge in [-0.15, -0.1) is 0 Å². The van der Waals surface area contributed by atoms with Crippen LogP contribution in [0.25, 0.3) is 0 Å². The third kappa shape index (κ3) is 3.03. The number of carboxylic acids is 1. The fraction of sp³-hybridized carbons (Fsp3) is 0.462. The van der Waals surface area contributed by atoms with Crippen LogP contribution < -0.4 is 0 Å². The first-order valence-electron chi connectivity index (χ1n) is 5.87. The molecule has 0 saturated carbocycles. The van der Waals surface area contributed by atoms with Crippen LogP contribution in [0.3, 0.4) is 0 Å². The zero-order valence-corrected chi connectivity index (χ0v) is 9.60. The van der Waals surface area contributed by atoms with Crippen LogP contribution in [0.2, 0.25) is 0 Å². The maximum absolute atomic E-state index is 12.8. The molecule has 0 spiro atoms. The fourth-order valence-corrected chi connectivity index (χ4v) is 2.24. The average molecular weight is 237 g/mol. The predicted octanol–water partition coefficient (Wildman–Crippen LogP) is 2.09. The molecule has 1 heterocycles. The molecule has 0 aromatic heterocycles. The van der Waals surface area contributed by atoms with E-state index in [4.69, 9.17) is 0 Å². The number of likely N-dealkylation sites (tertiary alicyclic amines) is 1. The second-order valence-electron chi connectivity index (χ2n) is 4.45. The number of halogens is 1. The molecule has 1 atom stereocenters. The van der Waals surface area contributed by atoms with Crippen molar-refractivity contribution in [2.24, 2.45) is 0 Å². The summed E-state index contributed by atoms with van der Waals surface area (Å²) in [5, 5.41) is 9.24. The Kier molecular flexibility index (Phi) is 3.74. The van der Waals surface area contributed by atoms with E-state index in [-0.39, 0.29) is 5.82 Å².